The van der Waals surface area contributed by atoms with Gasteiger partial charge in [-0.2, -0.15) is 0 Å². The van der Waals surface area contributed by atoms with Crippen molar-refractivity contribution >= 4 is 11.8 Å². The summed E-state index contributed by atoms with van der Waals surface area (Å²) >= 11 is 0. The monoisotopic (exact) mass is 306 g/mol. The van der Waals surface area contributed by atoms with Gasteiger partial charge < -0.3 is 24.6 Å². The van der Waals surface area contributed by atoms with Gasteiger partial charge in [-0.05, 0) is 32.0 Å². The second-order valence-electron chi connectivity index (χ2n) is 4.84. The van der Waals surface area contributed by atoms with Crippen LogP contribution < -0.4 is 10.6 Å². The van der Waals surface area contributed by atoms with E-state index in [2.05, 4.69) is 10.6 Å². The highest BCUT2D eigenvalue weighted by Gasteiger charge is 2.15. The van der Waals surface area contributed by atoms with Gasteiger partial charge in [-0.25, -0.2) is 0 Å². The molecule has 2 heterocycles. The van der Waals surface area contributed by atoms with Crippen LogP contribution in [0.2, 0.25) is 0 Å². The van der Waals surface area contributed by atoms with Crippen LogP contribution in [0.5, 0.6) is 0 Å². The molecule has 22 heavy (non-hydrogen) atoms. The van der Waals surface area contributed by atoms with Crippen LogP contribution in [0.25, 0.3) is 0 Å². The fourth-order valence-corrected chi connectivity index (χ4v) is 1.97. The Morgan fingerprint density at radius 3 is 2.68 bits per heavy atom. The lowest BCUT2D eigenvalue weighted by Crippen LogP contribution is -2.38. The van der Waals surface area contributed by atoms with Crippen LogP contribution in [-0.2, 0) is 4.79 Å². The van der Waals surface area contributed by atoms with E-state index in [-0.39, 0.29) is 19.0 Å². The Hall–Kier alpha value is -2.54. The van der Waals surface area contributed by atoms with Crippen LogP contribution in [0.1, 0.15) is 33.7 Å². The average molecular weight is 306 g/mol. The molecule has 0 fully saturated rings. The maximum atomic E-state index is 11.9. The molecule has 1 unspecified atom stereocenters. The molecule has 7 heteroatoms. The predicted molar refractivity (Wildman–Crippen MR) is 77.2 cm³/mol. The molecule has 1 atom stereocenters. The molecule has 2 amide bonds. The molecule has 0 aromatic carbocycles. The number of carbonyl (C=O) groups excluding carboxylic acids is 2. The minimum absolute atomic E-state index is 0.00602. The fourth-order valence-electron chi connectivity index (χ4n) is 1.97. The Morgan fingerprint density at radius 1 is 1.32 bits per heavy atom. The molecule has 0 spiro atoms. The number of aryl methyl sites for hydroxylation is 2. The van der Waals surface area contributed by atoms with Gasteiger partial charge in [0.1, 0.15) is 23.4 Å². The van der Waals surface area contributed by atoms with Crippen molar-refractivity contribution in [2.75, 3.05) is 13.1 Å². The van der Waals surface area contributed by atoms with E-state index in [1.54, 1.807) is 32.0 Å². The smallest absolute Gasteiger partial charge is 0.255 e. The SMILES string of the molecule is Cc1cc(C(=O)NCC(=O)NCC(O)c2ccco2)c(C)o1. The summed E-state index contributed by atoms with van der Waals surface area (Å²) in [5.74, 6) is 0.721. The summed E-state index contributed by atoms with van der Waals surface area (Å²) in [5, 5.41) is 14.8. The van der Waals surface area contributed by atoms with E-state index in [9.17, 15) is 14.7 Å². The molecular weight excluding hydrogens is 288 g/mol. The van der Waals surface area contributed by atoms with Crippen LogP contribution in [0.15, 0.2) is 33.3 Å². The molecule has 0 radical (unpaired) electrons. The van der Waals surface area contributed by atoms with E-state index in [4.69, 9.17) is 8.83 Å². The summed E-state index contributed by atoms with van der Waals surface area (Å²) in [6.07, 6.45) is 0.518. The third-order valence-electron chi connectivity index (χ3n) is 3.06. The molecule has 0 saturated carbocycles. The molecule has 7 nitrogen and oxygen atoms in total. The van der Waals surface area contributed by atoms with Gasteiger partial charge in [0, 0.05) is 0 Å². The van der Waals surface area contributed by atoms with Crippen molar-refractivity contribution < 1.29 is 23.5 Å². The van der Waals surface area contributed by atoms with E-state index >= 15 is 0 Å². The molecule has 2 rings (SSSR count). The highest BCUT2D eigenvalue weighted by atomic mass is 16.4. The number of hydrogen-bond acceptors (Lipinski definition) is 5. The maximum Gasteiger partial charge on any atom is 0.255 e. The van der Waals surface area contributed by atoms with Gasteiger partial charge in [0.05, 0.1) is 24.9 Å². The van der Waals surface area contributed by atoms with Gasteiger partial charge in [0.25, 0.3) is 5.91 Å². The summed E-state index contributed by atoms with van der Waals surface area (Å²) in [5.41, 5.74) is 0.404. The molecule has 0 aliphatic carbocycles. The summed E-state index contributed by atoms with van der Waals surface area (Å²) in [6, 6.07) is 4.88. The first kappa shape index (κ1) is 15.8. The molecular formula is C15H18N2O5. The average Bonchev–Trinajstić information content (AvgIpc) is 3.11. The second-order valence-corrected chi connectivity index (χ2v) is 4.84. The van der Waals surface area contributed by atoms with Gasteiger partial charge >= 0.3 is 0 Å². The molecule has 0 aliphatic heterocycles. The van der Waals surface area contributed by atoms with Crippen molar-refractivity contribution in [1.82, 2.24) is 10.6 Å². The highest BCUT2D eigenvalue weighted by Crippen LogP contribution is 2.13. The van der Waals surface area contributed by atoms with Crippen LogP contribution in [0, 0.1) is 13.8 Å². The van der Waals surface area contributed by atoms with Crippen molar-refractivity contribution in [2.45, 2.75) is 20.0 Å². The minimum atomic E-state index is -0.923. The Kier molecular flexibility index (Phi) is 5.00. The van der Waals surface area contributed by atoms with Gasteiger partial charge in [-0.15, -0.1) is 0 Å². The summed E-state index contributed by atoms with van der Waals surface area (Å²) in [6.45, 7) is 3.24. The molecule has 0 bridgehead atoms. The van der Waals surface area contributed by atoms with Gasteiger partial charge in [-0.3, -0.25) is 9.59 Å². The quantitative estimate of drug-likeness (QED) is 0.740. The molecule has 3 N–H and O–H groups in total. The Balaban J connectivity index is 1.76. The van der Waals surface area contributed by atoms with Crippen molar-refractivity contribution in [2.24, 2.45) is 0 Å². The number of aliphatic hydroxyl groups excluding tert-OH is 1. The van der Waals surface area contributed by atoms with Crippen LogP contribution in [0.4, 0.5) is 0 Å². The lowest BCUT2D eigenvalue weighted by Gasteiger charge is -2.10. The predicted octanol–water partition coefficient (Wildman–Crippen LogP) is 1.07. The molecule has 2 aromatic heterocycles. The normalized spacial score (nSPS) is 12.0. The van der Waals surface area contributed by atoms with Crippen LogP contribution >= 0.6 is 0 Å². The van der Waals surface area contributed by atoms with Crippen molar-refractivity contribution in [1.29, 1.82) is 0 Å². The van der Waals surface area contributed by atoms with Crippen molar-refractivity contribution in [3.63, 3.8) is 0 Å². The van der Waals surface area contributed by atoms with E-state index in [1.807, 2.05) is 0 Å². The maximum absolute atomic E-state index is 11.9. The van der Waals surface area contributed by atoms with Crippen molar-refractivity contribution in [3.05, 3.63) is 47.3 Å². The van der Waals surface area contributed by atoms with E-state index in [1.165, 1.54) is 6.26 Å². The van der Waals surface area contributed by atoms with Gasteiger partial charge in [-0.1, -0.05) is 0 Å². The first-order chi connectivity index (χ1) is 10.5. The standard InChI is InChI=1S/C15H18N2O5/c1-9-6-11(10(2)22-9)15(20)17-8-14(19)16-7-12(18)13-4-3-5-21-13/h3-6,12,18H,7-8H2,1-2H3,(H,16,19)(H,17,20). The zero-order valence-corrected chi connectivity index (χ0v) is 12.4. The topological polar surface area (TPSA) is 105 Å². The number of furan rings is 2. The molecule has 0 saturated heterocycles. The Morgan fingerprint density at radius 2 is 2.09 bits per heavy atom. The third kappa shape index (κ3) is 3.98. The largest absolute Gasteiger partial charge is 0.467 e. The second kappa shape index (κ2) is 6.95. The highest BCUT2D eigenvalue weighted by molar-refractivity contribution is 5.97. The summed E-state index contributed by atoms with van der Waals surface area (Å²) < 4.78 is 10.3. The molecule has 0 aliphatic rings. The van der Waals surface area contributed by atoms with E-state index < -0.39 is 12.0 Å². The van der Waals surface area contributed by atoms with Gasteiger partial charge in [0.15, 0.2) is 0 Å². The van der Waals surface area contributed by atoms with E-state index in [0.29, 0.717) is 22.8 Å². The van der Waals surface area contributed by atoms with Crippen molar-refractivity contribution in [3.8, 4) is 0 Å². The number of carbonyl (C=O) groups is 2. The Bertz CT molecular complexity index is 645. The Labute approximate surface area is 127 Å². The summed E-state index contributed by atoms with van der Waals surface area (Å²) in [7, 11) is 0. The first-order valence-electron chi connectivity index (χ1n) is 6.80. The number of amides is 2. The van der Waals surface area contributed by atoms with E-state index in [0.717, 1.165) is 0 Å². The van der Waals surface area contributed by atoms with Crippen LogP contribution in [-0.4, -0.2) is 30.0 Å². The van der Waals surface area contributed by atoms with Gasteiger partial charge in [0.2, 0.25) is 5.91 Å². The molecule has 2 aromatic rings. The van der Waals surface area contributed by atoms with Crippen LogP contribution in [0.3, 0.4) is 0 Å². The zero-order chi connectivity index (χ0) is 16.1. The lowest BCUT2D eigenvalue weighted by atomic mass is 10.2. The summed E-state index contributed by atoms with van der Waals surface area (Å²) in [4.78, 5) is 23.5. The first-order valence-corrected chi connectivity index (χ1v) is 6.80. The number of aliphatic hydroxyl groups is 1. The molecule has 118 valence electrons. The fraction of sp³-hybridized carbons (Fsp3) is 0.333. The zero-order valence-electron chi connectivity index (χ0n) is 12.4. The third-order valence-corrected chi connectivity index (χ3v) is 3.06. The number of hydrogen-bond donors (Lipinski definition) is 3. The lowest BCUT2D eigenvalue weighted by molar-refractivity contribution is -0.120. The number of nitrogens with one attached hydrogen (secondary N) is 2. The minimum Gasteiger partial charge on any atom is -0.467 e. The number of rotatable bonds is 6.